The smallest absolute Gasteiger partial charge is 0.297 e. The summed E-state index contributed by atoms with van der Waals surface area (Å²) >= 11 is 4.53. The molecule has 0 fully saturated rings. The highest BCUT2D eigenvalue weighted by Gasteiger charge is 2.27. The van der Waals surface area contributed by atoms with Crippen molar-refractivity contribution in [2.24, 2.45) is 0 Å². The van der Waals surface area contributed by atoms with Crippen LogP contribution < -0.4 is 5.32 Å². The Kier molecular flexibility index (Phi) is 3.71. The van der Waals surface area contributed by atoms with Crippen LogP contribution in [0.5, 0.6) is 0 Å². The summed E-state index contributed by atoms with van der Waals surface area (Å²) in [4.78, 5) is 0.770. The van der Waals surface area contributed by atoms with Gasteiger partial charge >= 0.3 is 6.30 Å². The fourth-order valence-electron chi connectivity index (χ4n) is 0.916. The van der Waals surface area contributed by atoms with E-state index in [0.717, 1.165) is 4.90 Å². The summed E-state index contributed by atoms with van der Waals surface area (Å²) in [6.45, 7) is 0. The number of halogens is 4. The van der Waals surface area contributed by atoms with Crippen molar-refractivity contribution in [1.29, 1.82) is 0 Å². The summed E-state index contributed by atoms with van der Waals surface area (Å²) in [5, 5.41) is 1.45. The SMILES string of the molecule is CSc1cc(Br)cc(NC(F)(F)F)c1. The number of alkyl halides is 3. The standard InChI is InChI=1S/C8H7BrF3NS/c1-14-7-3-5(9)2-6(4-7)13-8(10,11)12/h2-4,13H,1H3. The second-order valence-corrected chi connectivity index (χ2v) is 4.30. The van der Waals surface area contributed by atoms with Gasteiger partial charge in [0.25, 0.3) is 0 Å². The molecule has 0 aliphatic heterocycles. The predicted octanol–water partition coefficient (Wildman–Crippen LogP) is 4.10. The highest BCUT2D eigenvalue weighted by atomic mass is 79.9. The molecule has 0 atom stereocenters. The fourth-order valence-corrected chi connectivity index (χ4v) is 2.05. The van der Waals surface area contributed by atoms with Crippen LogP contribution in [0.1, 0.15) is 0 Å². The first kappa shape index (κ1) is 11.7. The van der Waals surface area contributed by atoms with Gasteiger partial charge in [-0.15, -0.1) is 11.8 Å². The van der Waals surface area contributed by atoms with Crippen molar-refractivity contribution in [1.82, 2.24) is 0 Å². The predicted molar refractivity (Wildman–Crippen MR) is 55.6 cm³/mol. The monoisotopic (exact) mass is 285 g/mol. The Morgan fingerprint density at radius 2 is 1.93 bits per heavy atom. The Bertz CT molecular complexity index is 327. The van der Waals surface area contributed by atoms with E-state index in [-0.39, 0.29) is 5.69 Å². The molecular weight excluding hydrogens is 279 g/mol. The molecular formula is C8H7BrF3NS. The molecule has 0 unspecified atom stereocenters. The van der Waals surface area contributed by atoms with Gasteiger partial charge in [-0.25, -0.2) is 0 Å². The molecule has 0 spiro atoms. The molecule has 0 heterocycles. The molecule has 0 amide bonds. The molecule has 14 heavy (non-hydrogen) atoms. The van der Waals surface area contributed by atoms with Crippen molar-refractivity contribution in [3.63, 3.8) is 0 Å². The first-order chi connectivity index (χ1) is 6.40. The zero-order valence-corrected chi connectivity index (χ0v) is 9.55. The molecule has 0 aliphatic carbocycles. The topological polar surface area (TPSA) is 12.0 Å². The molecule has 0 saturated heterocycles. The van der Waals surface area contributed by atoms with Gasteiger partial charge in [-0.2, -0.15) is 13.2 Å². The molecule has 1 aromatic rings. The third-order valence-corrected chi connectivity index (χ3v) is 2.56. The minimum atomic E-state index is -4.39. The van der Waals surface area contributed by atoms with Gasteiger partial charge in [-0.05, 0) is 24.5 Å². The van der Waals surface area contributed by atoms with Gasteiger partial charge in [0.15, 0.2) is 0 Å². The fraction of sp³-hybridized carbons (Fsp3) is 0.250. The first-order valence-electron chi connectivity index (χ1n) is 3.60. The molecule has 0 aromatic heterocycles. The van der Waals surface area contributed by atoms with Crippen LogP contribution in [-0.4, -0.2) is 12.6 Å². The Hall–Kier alpha value is -0.360. The number of anilines is 1. The van der Waals surface area contributed by atoms with Crippen LogP contribution in [0.2, 0.25) is 0 Å². The molecule has 0 radical (unpaired) electrons. The first-order valence-corrected chi connectivity index (χ1v) is 5.62. The molecule has 1 rings (SSSR count). The van der Waals surface area contributed by atoms with Crippen molar-refractivity contribution in [3.8, 4) is 0 Å². The van der Waals surface area contributed by atoms with E-state index in [1.54, 1.807) is 12.3 Å². The molecule has 1 nitrogen and oxygen atoms in total. The van der Waals surface area contributed by atoms with Crippen LogP contribution in [0.3, 0.4) is 0 Å². The Labute approximate surface area is 92.2 Å². The van der Waals surface area contributed by atoms with E-state index in [0.29, 0.717) is 4.47 Å². The van der Waals surface area contributed by atoms with E-state index in [4.69, 9.17) is 0 Å². The maximum absolute atomic E-state index is 12.0. The van der Waals surface area contributed by atoms with Gasteiger partial charge in [0.05, 0.1) is 0 Å². The third-order valence-electron chi connectivity index (χ3n) is 1.39. The van der Waals surface area contributed by atoms with Crippen molar-refractivity contribution in [2.75, 3.05) is 11.6 Å². The summed E-state index contributed by atoms with van der Waals surface area (Å²) in [6, 6.07) is 4.59. The van der Waals surface area contributed by atoms with Gasteiger partial charge in [0.1, 0.15) is 0 Å². The summed E-state index contributed by atoms with van der Waals surface area (Å²) in [7, 11) is 0. The summed E-state index contributed by atoms with van der Waals surface area (Å²) in [6.07, 6.45) is -2.59. The molecule has 0 saturated carbocycles. The van der Waals surface area contributed by atoms with E-state index in [2.05, 4.69) is 15.9 Å². The Balaban J connectivity index is 2.92. The van der Waals surface area contributed by atoms with Crippen LogP contribution in [0.4, 0.5) is 18.9 Å². The lowest BCUT2D eigenvalue weighted by Gasteiger charge is -2.11. The minimum absolute atomic E-state index is 0.0382. The maximum Gasteiger partial charge on any atom is 0.482 e. The second kappa shape index (κ2) is 4.44. The van der Waals surface area contributed by atoms with Crippen molar-refractivity contribution >= 4 is 33.4 Å². The number of rotatable bonds is 2. The van der Waals surface area contributed by atoms with E-state index in [1.165, 1.54) is 29.2 Å². The lowest BCUT2D eigenvalue weighted by molar-refractivity contribution is -0.0999. The average Bonchev–Trinajstić information content (AvgIpc) is 1.99. The third kappa shape index (κ3) is 3.79. The number of benzene rings is 1. The Morgan fingerprint density at radius 3 is 2.43 bits per heavy atom. The molecule has 1 aromatic carbocycles. The van der Waals surface area contributed by atoms with E-state index >= 15 is 0 Å². The van der Waals surface area contributed by atoms with Crippen LogP contribution in [0.15, 0.2) is 27.6 Å². The lowest BCUT2D eigenvalue weighted by Crippen LogP contribution is -2.20. The van der Waals surface area contributed by atoms with Gasteiger partial charge < -0.3 is 0 Å². The van der Waals surface area contributed by atoms with Crippen molar-refractivity contribution in [3.05, 3.63) is 22.7 Å². The minimum Gasteiger partial charge on any atom is -0.297 e. The normalized spacial score (nSPS) is 11.5. The quantitative estimate of drug-likeness (QED) is 0.649. The highest BCUT2D eigenvalue weighted by molar-refractivity contribution is 9.10. The molecule has 78 valence electrons. The zero-order chi connectivity index (χ0) is 10.8. The van der Waals surface area contributed by atoms with E-state index in [9.17, 15) is 13.2 Å². The molecule has 1 N–H and O–H groups in total. The van der Waals surface area contributed by atoms with Gasteiger partial charge in [0.2, 0.25) is 0 Å². The zero-order valence-electron chi connectivity index (χ0n) is 7.15. The highest BCUT2D eigenvalue weighted by Crippen LogP contribution is 2.28. The Morgan fingerprint density at radius 1 is 1.29 bits per heavy atom. The second-order valence-electron chi connectivity index (χ2n) is 2.50. The van der Waals surface area contributed by atoms with Crippen molar-refractivity contribution < 1.29 is 13.2 Å². The largest absolute Gasteiger partial charge is 0.482 e. The van der Waals surface area contributed by atoms with E-state index in [1.807, 2.05) is 0 Å². The van der Waals surface area contributed by atoms with Crippen LogP contribution >= 0.6 is 27.7 Å². The number of hydrogen-bond acceptors (Lipinski definition) is 2. The van der Waals surface area contributed by atoms with Gasteiger partial charge in [-0.1, -0.05) is 15.9 Å². The van der Waals surface area contributed by atoms with Crippen LogP contribution in [-0.2, 0) is 0 Å². The van der Waals surface area contributed by atoms with Crippen molar-refractivity contribution in [2.45, 2.75) is 11.2 Å². The number of nitrogens with one attached hydrogen (secondary N) is 1. The molecule has 0 aliphatic rings. The summed E-state index contributed by atoms with van der Waals surface area (Å²) in [5.74, 6) is 0. The lowest BCUT2D eigenvalue weighted by atomic mass is 10.3. The summed E-state index contributed by atoms with van der Waals surface area (Å²) < 4.78 is 36.5. The number of hydrogen-bond donors (Lipinski definition) is 1. The van der Waals surface area contributed by atoms with Gasteiger partial charge in [-0.3, -0.25) is 5.32 Å². The average molecular weight is 286 g/mol. The maximum atomic E-state index is 12.0. The van der Waals surface area contributed by atoms with E-state index < -0.39 is 6.30 Å². The molecule has 0 bridgehead atoms. The summed E-state index contributed by atoms with van der Waals surface area (Å²) in [5.41, 5.74) is 0.0382. The number of thioether (sulfide) groups is 1. The van der Waals surface area contributed by atoms with Crippen LogP contribution in [0.25, 0.3) is 0 Å². The van der Waals surface area contributed by atoms with Crippen LogP contribution in [0, 0.1) is 0 Å². The molecule has 6 heteroatoms. The van der Waals surface area contributed by atoms with Gasteiger partial charge in [0, 0.05) is 15.1 Å².